The topological polar surface area (TPSA) is 120 Å². The molecule has 1 amide bonds. The summed E-state index contributed by atoms with van der Waals surface area (Å²) in [5.41, 5.74) is 3.73. The van der Waals surface area contributed by atoms with Gasteiger partial charge in [-0.25, -0.2) is 9.31 Å². The van der Waals surface area contributed by atoms with Crippen LogP contribution in [0.5, 0.6) is 0 Å². The van der Waals surface area contributed by atoms with Gasteiger partial charge in [0.05, 0.1) is 11.5 Å². The fraction of sp³-hybridized carbons (Fsp3) is 0.333. The third kappa shape index (κ3) is 4.26. The first-order valence-electron chi connectivity index (χ1n) is 11.1. The van der Waals surface area contributed by atoms with Crippen LogP contribution in [0, 0.1) is 16.0 Å². The van der Waals surface area contributed by atoms with E-state index < -0.39 is 10.9 Å². The summed E-state index contributed by atoms with van der Waals surface area (Å²) in [6.07, 6.45) is 4.37. The van der Waals surface area contributed by atoms with Crippen LogP contribution in [0.25, 0.3) is 22.2 Å². The number of nitro benzene ring substituents is 1. The number of rotatable bonds is 6. The number of aromatic nitrogens is 3. The molecule has 1 aromatic carbocycles. The van der Waals surface area contributed by atoms with E-state index in [0.717, 1.165) is 11.1 Å². The molecule has 176 valence electrons. The number of nitro groups is 1. The Hall–Kier alpha value is -4.08. The molecule has 4 rings (SSSR count). The second-order valence-corrected chi connectivity index (χ2v) is 8.28. The van der Waals surface area contributed by atoms with Gasteiger partial charge in [0, 0.05) is 42.9 Å². The number of pyridine rings is 1. The molecule has 10 heteroatoms. The summed E-state index contributed by atoms with van der Waals surface area (Å²) in [6.45, 7) is 6.73. The molecule has 3 aromatic rings. The Labute approximate surface area is 196 Å². The number of hydrogen-bond donors (Lipinski definition) is 0. The molecule has 1 aliphatic rings. The minimum atomic E-state index is -0.593. The Morgan fingerprint density at radius 3 is 2.53 bits per heavy atom. The summed E-state index contributed by atoms with van der Waals surface area (Å²) in [5.74, 6) is -0.568. The lowest BCUT2D eigenvalue weighted by molar-refractivity contribution is -0.384. The largest absolute Gasteiger partial charge is 0.461 e. The van der Waals surface area contributed by atoms with Gasteiger partial charge in [-0.1, -0.05) is 25.1 Å². The van der Waals surface area contributed by atoms with Gasteiger partial charge >= 0.3 is 5.97 Å². The van der Waals surface area contributed by atoms with Crippen LogP contribution in [0.4, 0.5) is 5.69 Å². The average Bonchev–Trinajstić information content (AvgIpc) is 3.27. The van der Waals surface area contributed by atoms with E-state index >= 15 is 0 Å². The van der Waals surface area contributed by atoms with Crippen LogP contribution in [0.1, 0.15) is 43.2 Å². The second kappa shape index (κ2) is 9.42. The van der Waals surface area contributed by atoms with E-state index in [2.05, 4.69) is 10.3 Å². The predicted octanol–water partition coefficient (Wildman–Crippen LogP) is 3.75. The molecule has 0 spiro atoms. The third-order valence-electron chi connectivity index (χ3n) is 5.78. The average molecular weight is 463 g/mol. The van der Waals surface area contributed by atoms with Crippen LogP contribution >= 0.6 is 0 Å². The maximum Gasteiger partial charge on any atom is 0.361 e. The molecule has 34 heavy (non-hydrogen) atoms. The molecule has 0 aliphatic carbocycles. The highest BCUT2D eigenvalue weighted by Crippen LogP contribution is 2.37. The fourth-order valence-corrected chi connectivity index (χ4v) is 4.11. The van der Waals surface area contributed by atoms with E-state index in [-0.39, 0.29) is 29.8 Å². The van der Waals surface area contributed by atoms with E-state index in [0.29, 0.717) is 36.2 Å². The molecule has 0 unspecified atom stereocenters. The Kier molecular flexibility index (Phi) is 6.40. The summed E-state index contributed by atoms with van der Waals surface area (Å²) in [5, 5.41) is 19.3. The number of amides is 1. The van der Waals surface area contributed by atoms with Gasteiger partial charge in [-0.3, -0.25) is 14.9 Å². The SMILES string of the molecule is CCOC(=O)c1nnn2ccc(C3=CCN(C(=O)C(C)C)CC3)c(-c3ccc([N+](=O)[O-])cc3)c12. The minimum Gasteiger partial charge on any atom is -0.461 e. The second-order valence-electron chi connectivity index (χ2n) is 8.28. The molecule has 1 aliphatic heterocycles. The highest BCUT2D eigenvalue weighted by Gasteiger charge is 2.26. The monoisotopic (exact) mass is 463 g/mol. The van der Waals surface area contributed by atoms with E-state index in [1.54, 1.807) is 25.3 Å². The molecule has 0 fully saturated rings. The number of non-ortho nitro benzene ring substituents is 1. The van der Waals surface area contributed by atoms with Crippen molar-refractivity contribution in [2.24, 2.45) is 5.92 Å². The molecule has 2 aromatic heterocycles. The zero-order valence-electron chi connectivity index (χ0n) is 19.2. The van der Waals surface area contributed by atoms with Crippen molar-refractivity contribution in [3.63, 3.8) is 0 Å². The Morgan fingerprint density at radius 2 is 1.94 bits per heavy atom. The summed E-state index contributed by atoms with van der Waals surface area (Å²) in [4.78, 5) is 37.6. The van der Waals surface area contributed by atoms with Crippen molar-refractivity contribution in [1.29, 1.82) is 0 Å². The molecule has 3 heterocycles. The van der Waals surface area contributed by atoms with E-state index in [4.69, 9.17) is 4.74 Å². The molecular formula is C24H25N5O5. The fourth-order valence-electron chi connectivity index (χ4n) is 4.11. The van der Waals surface area contributed by atoms with Gasteiger partial charge < -0.3 is 9.64 Å². The van der Waals surface area contributed by atoms with Gasteiger partial charge in [-0.15, -0.1) is 5.10 Å². The number of benzene rings is 1. The Morgan fingerprint density at radius 1 is 1.21 bits per heavy atom. The Bertz CT molecular complexity index is 1290. The molecule has 0 saturated carbocycles. The molecule has 0 N–H and O–H groups in total. The lowest BCUT2D eigenvalue weighted by atomic mass is 9.90. The van der Waals surface area contributed by atoms with Crippen LogP contribution < -0.4 is 0 Å². The van der Waals surface area contributed by atoms with Crippen molar-refractivity contribution in [3.05, 3.63) is 64.0 Å². The zero-order chi connectivity index (χ0) is 24.4. The summed E-state index contributed by atoms with van der Waals surface area (Å²) < 4.78 is 6.69. The lowest BCUT2D eigenvalue weighted by Gasteiger charge is -2.29. The quantitative estimate of drug-likeness (QED) is 0.310. The van der Waals surface area contributed by atoms with Crippen LogP contribution in [-0.4, -0.2) is 56.2 Å². The van der Waals surface area contributed by atoms with Gasteiger partial charge in [-0.05, 0) is 48.2 Å². The number of carbonyl (C=O) groups excluding carboxylic acids is 2. The van der Waals surface area contributed by atoms with Gasteiger partial charge in [0.15, 0.2) is 5.69 Å². The maximum absolute atomic E-state index is 12.6. The number of hydrogen-bond acceptors (Lipinski definition) is 7. The smallest absolute Gasteiger partial charge is 0.361 e. The van der Waals surface area contributed by atoms with E-state index in [9.17, 15) is 19.7 Å². The van der Waals surface area contributed by atoms with Gasteiger partial charge in [0.2, 0.25) is 5.91 Å². The maximum atomic E-state index is 12.6. The van der Waals surface area contributed by atoms with Crippen molar-refractivity contribution in [2.45, 2.75) is 27.2 Å². The van der Waals surface area contributed by atoms with Crippen LogP contribution in [0.15, 0.2) is 42.6 Å². The Balaban J connectivity index is 1.88. The molecule has 0 radical (unpaired) electrons. The standard InChI is InChI=1S/C24H25N5O5/c1-4-34-24(31)21-22-20(17-5-7-18(8-6-17)29(32)33)19(11-14-28(22)26-25-21)16-9-12-27(13-10-16)23(30)15(2)3/h5-9,11,14-15H,4,10,12-13H2,1-3H3. The number of fused-ring (bicyclic) bond motifs is 1. The van der Waals surface area contributed by atoms with Crippen molar-refractivity contribution in [1.82, 2.24) is 19.7 Å². The zero-order valence-corrected chi connectivity index (χ0v) is 19.2. The van der Waals surface area contributed by atoms with E-state index in [1.807, 2.05) is 30.9 Å². The first-order chi connectivity index (χ1) is 16.3. The van der Waals surface area contributed by atoms with Crippen molar-refractivity contribution in [2.75, 3.05) is 19.7 Å². The first-order valence-corrected chi connectivity index (χ1v) is 11.1. The number of ether oxygens (including phenoxy) is 1. The van der Waals surface area contributed by atoms with Crippen LogP contribution in [0.2, 0.25) is 0 Å². The summed E-state index contributed by atoms with van der Waals surface area (Å²) in [6, 6.07) is 8.04. The van der Waals surface area contributed by atoms with Crippen LogP contribution in [-0.2, 0) is 9.53 Å². The van der Waals surface area contributed by atoms with Gasteiger partial charge in [0.25, 0.3) is 5.69 Å². The number of carbonyl (C=O) groups is 2. The molecular weight excluding hydrogens is 438 g/mol. The van der Waals surface area contributed by atoms with Crippen molar-refractivity contribution in [3.8, 4) is 11.1 Å². The lowest BCUT2D eigenvalue weighted by Crippen LogP contribution is -2.37. The summed E-state index contributed by atoms with van der Waals surface area (Å²) in [7, 11) is 0. The van der Waals surface area contributed by atoms with Crippen molar-refractivity contribution >= 4 is 28.7 Å². The molecule has 0 atom stereocenters. The number of nitrogens with zero attached hydrogens (tertiary/aromatic N) is 5. The third-order valence-corrected chi connectivity index (χ3v) is 5.78. The molecule has 10 nitrogen and oxygen atoms in total. The van der Waals surface area contributed by atoms with E-state index in [1.165, 1.54) is 16.6 Å². The normalized spacial score (nSPS) is 13.8. The summed E-state index contributed by atoms with van der Waals surface area (Å²) >= 11 is 0. The highest BCUT2D eigenvalue weighted by atomic mass is 16.6. The van der Waals surface area contributed by atoms with Gasteiger partial charge in [-0.2, -0.15) is 0 Å². The highest BCUT2D eigenvalue weighted by molar-refractivity contribution is 6.02. The molecule has 0 bridgehead atoms. The van der Waals surface area contributed by atoms with Gasteiger partial charge in [0.1, 0.15) is 5.52 Å². The first kappa shape index (κ1) is 23.1. The predicted molar refractivity (Wildman–Crippen MR) is 125 cm³/mol. The van der Waals surface area contributed by atoms with Crippen LogP contribution in [0.3, 0.4) is 0 Å². The van der Waals surface area contributed by atoms with Crippen molar-refractivity contribution < 1.29 is 19.2 Å². The number of esters is 1. The molecule has 0 saturated heterocycles. The minimum absolute atomic E-state index is 0.0331.